The minimum Gasteiger partial charge on any atom is -0.306 e. The number of H-pyrrole nitrogens is 1. The third-order valence-corrected chi connectivity index (χ3v) is 6.10. The van der Waals surface area contributed by atoms with Crippen LogP contribution in [0.4, 0.5) is 0 Å². The molecule has 1 saturated heterocycles. The van der Waals surface area contributed by atoms with Crippen molar-refractivity contribution in [2.45, 2.75) is 25.4 Å². The fraction of sp³-hybridized carbons (Fsp3) is 0.273. The second-order valence-electron chi connectivity index (χ2n) is 7.43. The number of nitrogens with zero attached hydrogens (tertiary/aromatic N) is 3. The average molecular weight is 393 g/mol. The van der Waals surface area contributed by atoms with E-state index in [2.05, 4.69) is 20.9 Å². The number of halogens is 1. The van der Waals surface area contributed by atoms with E-state index in [9.17, 15) is 4.79 Å². The summed E-state index contributed by atoms with van der Waals surface area (Å²) >= 11 is 6.50. The highest BCUT2D eigenvalue weighted by atomic mass is 35.5. The smallest absolute Gasteiger partial charge is 0.306 e. The van der Waals surface area contributed by atoms with Gasteiger partial charge in [-0.25, -0.2) is 4.79 Å². The Labute approximate surface area is 167 Å². The zero-order chi connectivity index (χ0) is 19.1. The van der Waals surface area contributed by atoms with Crippen molar-refractivity contribution in [3.63, 3.8) is 0 Å². The van der Waals surface area contributed by atoms with Gasteiger partial charge in [0.25, 0.3) is 0 Å². The highest BCUT2D eigenvalue weighted by Crippen LogP contribution is 2.29. The minimum atomic E-state index is -0.0130. The van der Waals surface area contributed by atoms with Crippen LogP contribution in [-0.2, 0) is 6.54 Å². The van der Waals surface area contributed by atoms with E-state index in [1.165, 1.54) is 0 Å². The molecule has 1 aliphatic rings. The number of pyridine rings is 1. The predicted molar refractivity (Wildman–Crippen MR) is 113 cm³/mol. The van der Waals surface area contributed by atoms with E-state index < -0.39 is 0 Å². The van der Waals surface area contributed by atoms with E-state index in [1.807, 2.05) is 53.2 Å². The van der Waals surface area contributed by atoms with E-state index in [1.54, 1.807) is 0 Å². The summed E-state index contributed by atoms with van der Waals surface area (Å²) < 4.78 is 1.93. The van der Waals surface area contributed by atoms with Gasteiger partial charge < -0.3 is 4.98 Å². The molecular weight excluding hydrogens is 372 g/mol. The van der Waals surface area contributed by atoms with Crippen LogP contribution in [0.15, 0.2) is 59.5 Å². The second-order valence-corrected chi connectivity index (χ2v) is 7.83. The quantitative estimate of drug-likeness (QED) is 0.563. The highest BCUT2D eigenvalue weighted by molar-refractivity contribution is 6.32. The Hall–Kier alpha value is -2.63. The van der Waals surface area contributed by atoms with E-state index in [0.29, 0.717) is 0 Å². The minimum absolute atomic E-state index is 0.0130. The Balaban J connectivity index is 1.36. The van der Waals surface area contributed by atoms with Gasteiger partial charge in [-0.1, -0.05) is 35.9 Å². The Morgan fingerprint density at radius 2 is 1.89 bits per heavy atom. The number of aromatic amines is 1. The molecule has 1 aliphatic heterocycles. The van der Waals surface area contributed by atoms with Crippen molar-refractivity contribution in [3.8, 4) is 0 Å². The number of piperidine rings is 1. The third-order valence-electron chi connectivity index (χ3n) is 5.75. The molecule has 0 radical (unpaired) electrons. The highest BCUT2D eigenvalue weighted by Gasteiger charge is 2.24. The maximum atomic E-state index is 12.5. The van der Waals surface area contributed by atoms with E-state index in [4.69, 9.17) is 11.6 Å². The van der Waals surface area contributed by atoms with E-state index in [0.717, 1.165) is 65.0 Å². The molecule has 0 spiro atoms. The molecule has 142 valence electrons. The molecule has 4 aromatic rings. The van der Waals surface area contributed by atoms with Crippen LogP contribution in [0.2, 0.25) is 5.02 Å². The molecule has 2 aromatic heterocycles. The molecule has 28 heavy (non-hydrogen) atoms. The largest absolute Gasteiger partial charge is 0.326 e. The number of imidazole rings is 1. The third kappa shape index (κ3) is 3.01. The fourth-order valence-electron chi connectivity index (χ4n) is 4.33. The molecule has 1 N–H and O–H groups in total. The Bertz CT molecular complexity index is 1200. The van der Waals surface area contributed by atoms with Crippen LogP contribution < -0.4 is 5.69 Å². The number of aromatic nitrogens is 3. The summed E-state index contributed by atoms with van der Waals surface area (Å²) in [4.78, 5) is 22.4. The number of benzene rings is 2. The first kappa shape index (κ1) is 17.5. The fourth-order valence-corrected chi connectivity index (χ4v) is 4.54. The van der Waals surface area contributed by atoms with Gasteiger partial charge in [-0.05, 0) is 37.1 Å². The van der Waals surface area contributed by atoms with Gasteiger partial charge >= 0.3 is 5.69 Å². The second kappa shape index (κ2) is 7.08. The van der Waals surface area contributed by atoms with Gasteiger partial charge in [0.15, 0.2) is 0 Å². The summed E-state index contributed by atoms with van der Waals surface area (Å²) in [6.45, 7) is 2.63. The van der Waals surface area contributed by atoms with Gasteiger partial charge in [0.2, 0.25) is 0 Å². The van der Waals surface area contributed by atoms with Gasteiger partial charge in [-0.3, -0.25) is 14.5 Å². The summed E-state index contributed by atoms with van der Waals surface area (Å²) in [5.74, 6) is 0. The zero-order valence-electron chi connectivity index (χ0n) is 15.4. The Morgan fingerprint density at radius 3 is 2.75 bits per heavy atom. The van der Waals surface area contributed by atoms with Crippen LogP contribution in [0.1, 0.15) is 24.4 Å². The molecule has 5 nitrogen and oxygen atoms in total. The van der Waals surface area contributed by atoms with Crippen molar-refractivity contribution in [1.29, 1.82) is 0 Å². The molecule has 0 aliphatic carbocycles. The summed E-state index contributed by atoms with van der Waals surface area (Å²) in [7, 11) is 0. The predicted octanol–water partition coefficient (Wildman–Crippen LogP) is 4.37. The maximum Gasteiger partial charge on any atom is 0.326 e. The first-order valence-electron chi connectivity index (χ1n) is 9.64. The number of hydrogen-bond donors (Lipinski definition) is 1. The lowest BCUT2D eigenvalue weighted by Crippen LogP contribution is -2.36. The van der Waals surface area contributed by atoms with Gasteiger partial charge in [0.05, 0.1) is 16.6 Å². The van der Waals surface area contributed by atoms with Gasteiger partial charge in [0.1, 0.15) is 0 Å². The van der Waals surface area contributed by atoms with E-state index >= 15 is 0 Å². The van der Waals surface area contributed by atoms with Gasteiger partial charge in [-0.15, -0.1) is 0 Å². The lowest BCUT2D eigenvalue weighted by molar-refractivity contribution is 0.180. The number of rotatable bonds is 3. The Morgan fingerprint density at radius 1 is 1.07 bits per heavy atom. The molecule has 6 heteroatoms. The molecule has 5 rings (SSSR count). The molecule has 0 atom stereocenters. The van der Waals surface area contributed by atoms with Crippen LogP contribution in [0, 0.1) is 0 Å². The normalized spacial score (nSPS) is 16.2. The van der Waals surface area contributed by atoms with Crippen LogP contribution in [0.25, 0.3) is 21.9 Å². The topological polar surface area (TPSA) is 53.9 Å². The summed E-state index contributed by atoms with van der Waals surface area (Å²) in [5, 5.41) is 1.88. The van der Waals surface area contributed by atoms with E-state index in [-0.39, 0.29) is 11.7 Å². The molecule has 3 heterocycles. The van der Waals surface area contributed by atoms with Crippen LogP contribution in [0.5, 0.6) is 0 Å². The van der Waals surface area contributed by atoms with Crippen LogP contribution >= 0.6 is 11.6 Å². The summed E-state index contributed by atoms with van der Waals surface area (Å²) in [6, 6.07) is 16.1. The molecule has 0 amide bonds. The lowest BCUT2D eigenvalue weighted by Gasteiger charge is -2.32. The standard InChI is InChI=1S/C22H21ClN4O/c23-18-8-7-15-4-3-11-24-21(15)17(18)14-26-12-9-16(10-13-26)27-20-6-2-1-5-19(20)25-22(27)28/h1-8,11,16H,9-10,12-14H2,(H,25,28). The summed E-state index contributed by atoms with van der Waals surface area (Å²) in [5.41, 5.74) is 3.95. The monoisotopic (exact) mass is 392 g/mol. The zero-order valence-corrected chi connectivity index (χ0v) is 16.2. The van der Waals surface area contributed by atoms with Crippen molar-refractivity contribution < 1.29 is 0 Å². The summed E-state index contributed by atoms with van der Waals surface area (Å²) in [6.07, 6.45) is 3.70. The van der Waals surface area contributed by atoms with Crippen molar-refractivity contribution in [1.82, 2.24) is 19.4 Å². The number of hydrogen-bond acceptors (Lipinski definition) is 3. The van der Waals surface area contributed by atoms with Crippen molar-refractivity contribution in [3.05, 3.63) is 75.8 Å². The first-order valence-corrected chi connectivity index (χ1v) is 10.0. The van der Waals surface area contributed by atoms with Crippen molar-refractivity contribution >= 4 is 33.5 Å². The molecule has 2 aromatic carbocycles. The molecular formula is C22H21ClN4O. The van der Waals surface area contributed by atoms with Crippen LogP contribution in [0.3, 0.4) is 0 Å². The van der Waals surface area contributed by atoms with Crippen molar-refractivity contribution in [2.24, 2.45) is 0 Å². The first-order chi connectivity index (χ1) is 13.7. The maximum absolute atomic E-state index is 12.5. The molecule has 0 unspecified atom stereocenters. The number of nitrogens with one attached hydrogen (secondary N) is 1. The number of fused-ring (bicyclic) bond motifs is 2. The number of likely N-dealkylation sites (tertiary alicyclic amines) is 1. The lowest BCUT2D eigenvalue weighted by atomic mass is 10.0. The Kier molecular flexibility index (Phi) is 4.41. The molecule has 1 fully saturated rings. The van der Waals surface area contributed by atoms with Gasteiger partial charge in [0, 0.05) is 47.8 Å². The van der Waals surface area contributed by atoms with Crippen molar-refractivity contribution in [2.75, 3.05) is 13.1 Å². The molecule has 0 saturated carbocycles. The van der Waals surface area contributed by atoms with Crippen LogP contribution in [-0.4, -0.2) is 32.5 Å². The average Bonchev–Trinajstić information content (AvgIpc) is 3.06. The SMILES string of the molecule is O=c1[nH]c2ccccc2n1C1CCN(Cc2c(Cl)ccc3cccnc23)CC1. The number of para-hydroxylation sites is 2. The van der Waals surface area contributed by atoms with Gasteiger partial charge in [-0.2, -0.15) is 0 Å². The molecule has 0 bridgehead atoms.